The van der Waals surface area contributed by atoms with Crippen LogP contribution in [0.25, 0.3) is 10.2 Å². The van der Waals surface area contributed by atoms with Gasteiger partial charge < -0.3 is 10.2 Å². The number of thiazole rings is 1. The molecule has 1 N–H and O–H groups in total. The number of piperidine rings is 1. The summed E-state index contributed by atoms with van der Waals surface area (Å²) in [5.74, 6) is 0. The van der Waals surface area contributed by atoms with E-state index in [0.29, 0.717) is 0 Å². The van der Waals surface area contributed by atoms with Crippen LogP contribution in [0, 0.1) is 6.92 Å². The third-order valence-electron chi connectivity index (χ3n) is 4.54. The van der Waals surface area contributed by atoms with E-state index < -0.39 is 0 Å². The van der Waals surface area contributed by atoms with Crippen molar-refractivity contribution in [3.8, 4) is 0 Å². The molecule has 1 aliphatic rings. The van der Waals surface area contributed by atoms with Gasteiger partial charge in [0.05, 0.1) is 27.0 Å². The summed E-state index contributed by atoms with van der Waals surface area (Å²) >= 11 is 1.64. The number of nitrogens with one attached hydrogen (secondary N) is 1. The molecule has 1 atom stereocenters. The van der Waals surface area contributed by atoms with Crippen molar-refractivity contribution in [2.75, 3.05) is 11.9 Å². The standard InChI is InChI=1S/C19H20N4OS/c1-13-21-16-9-8-14(12-18(16)25-13)22-19(24)23-11-5-3-7-17(23)15-6-2-4-10-20-15/h2,4,6,8-10,12,17H,3,5,7,11H2,1H3,(H,22,24). The highest BCUT2D eigenvalue weighted by atomic mass is 32.1. The number of rotatable bonds is 2. The number of benzene rings is 1. The van der Waals surface area contributed by atoms with E-state index in [9.17, 15) is 4.79 Å². The molecule has 1 unspecified atom stereocenters. The van der Waals surface area contributed by atoms with Gasteiger partial charge in [0.1, 0.15) is 0 Å². The summed E-state index contributed by atoms with van der Waals surface area (Å²) in [6.07, 6.45) is 4.90. The lowest BCUT2D eigenvalue weighted by atomic mass is 9.99. The van der Waals surface area contributed by atoms with Gasteiger partial charge in [-0.2, -0.15) is 0 Å². The van der Waals surface area contributed by atoms with Gasteiger partial charge in [0.15, 0.2) is 0 Å². The lowest BCUT2D eigenvalue weighted by molar-refractivity contribution is 0.161. The average Bonchev–Trinajstić information content (AvgIpc) is 3.02. The molecule has 0 saturated carbocycles. The average molecular weight is 352 g/mol. The summed E-state index contributed by atoms with van der Waals surface area (Å²) in [6, 6.07) is 11.7. The molecule has 1 fully saturated rings. The van der Waals surface area contributed by atoms with Crippen LogP contribution in [0.4, 0.5) is 10.5 Å². The van der Waals surface area contributed by atoms with Crippen molar-refractivity contribution in [3.63, 3.8) is 0 Å². The summed E-state index contributed by atoms with van der Waals surface area (Å²) in [6.45, 7) is 2.75. The fourth-order valence-corrected chi connectivity index (χ4v) is 4.23. The van der Waals surface area contributed by atoms with Crippen molar-refractivity contribution >= 4 is 33.3 Å². The monoisotopic (exact) mass is 352 g/mol. The van der Waals surface area contributed by atoms with Gasteiger partial charge in [-0.25, -0.2) is 9.78 Å². The molecular weight excluding hydrogens is 332 g/mol. The van der Waals surface area contributed by atoms with Crippen LogP contribution in [0.5, 0.6) is 0 Å². The lowest BCUT2D eigenvalue weighted by Gasteiger charge is -2.35. The molecule has 1 aliphatic heterocycles. The normalized spacial score (nSPS) is 17.6. The second kappa shape index (κ2) is 6.80. The molecule has 0 bridgehead atoms. The predicted molar refractivity (Wildman–Crippen MR) is 101 cm³/mol. The van der Waals surface area contributed by atoms with Gasteiger partial charge in [-0.15, -0.1) is 11.3 Å². The Bertz CT molecular complexity index is 893. The molecule has 128 valence electrons. The summed E-state index contributed by atoms with van der Waals surface area (Å²) < 4.78 is 1.09. The SMILES string of the molecule is Cc1nc2ccc(NC(=O)N3CCCCC3c3ccccn3)cc2s1. The highest BCUT2D eigenvalue weighted by Gasteiger charge is 2.28. The summed E-state index contributed by atoms with van der Waals surface area (Å²) in [5.41, 5.74) is 2.75. The first kappa shape index (κ1) is 16.0. The van der Waals surface area contributed by atoms with Crippen LogP contribution >= 0.6 is 11.3 Å². The molecule has 1 aromatic carbocycles. The molecular formula is C19H20N4OS. The van der Waals surface area contributed by atoms with Crippen LogP contribution in [0.3, 0.4) is 0 Å². The minimum Gasteiger partial charge on any atom is -0.316 e. The largest absolute Gasteiger partial charge is 0.322 e. The number of amides is 2. The van der Waals surface area contributed by atoms with Crippen molar-refractivity contribution in [1.82, 2.24) is 14.9 Å². The van der Waals surface area contributed by atoms with E-state index in [4.69, 9.17) is 0 Å². The van der Waals surface area contributed by atoms with E-state index in [0.717, 1.165) is 52.4 Å². The Morgan fingerprint density at radius 2 is 2.20 bits per heavy atom. The zero-order valence-corrected chi connectivity index (χ0v) is 14.9. The fourth-order valence-electron chi connectivity index (χ4n) is 3.37. The van der Waals surface area contributed by atoms with Gasteiger partial charge in [0.25, 0.3) is 0 Å². The summed E-state index contributed by atoms with van der Waals surface area (Å²) in [7, 11) is 0. The van der Waals surface area contributed by atoms with E-state index in [1.807, 2.05) is 48.2 Å². The number of aromatic nitrogens is 2. The maximum absolute atomic E-state index is 12.9. The highest BCUT2D eigenvalue weighted by molar-refractivity contribution is 7.18. The summed E-state index contributed by atoms with van der Waals surface area (Å²) in [4.78, 5) is 23.7. The Morgan fingerprint density at radius 3 is 3.04 bits per heavy atom. The molecule has 3 aromatic rings. The Kier molecular flexibility index (Phi) is 4.36. The van der Waals surface area contributed by atoms with Gasteiger partial charge in [0, 0.05) is 18.4 Å². The number of carbonyl (C=O) groups is 1. The number of hydrogen-bond donors (Lipinski definition) is 1. The van der Waals surface area contributed by atoms with E-state index in [1.165, 1.54) is 0 Å². The minimum atomic E-state index is -0.0593. The molecule has 6 heteroatoms. The second-order valence-corrected chi connectivity index (χ2v) is 7.54. The number of aryl methyl sites for hydroxylation is 1. The first-order valence-electron chi connectivity index (χ1n) is 8.56. The van der Waals surface area contributed by atoms with Crippen LogP contribution in [-0.2, 0) is 0 Å². The quantitative estimate of drug-likeness (QED) is 0.723. The van der Waals surface area contributed by atoms with Crippen molar-refractivity contribution < 1.29 is 4.79 Å². The fraction of sp³-hybridized carbons (Fsp3) is 0.316. The predicted octanol–water partition coefficient (Wildman–Crippen LogP) is 4.76. The smallest absolute Gasteiger partial charge is 0.316 e. The van der Waals surface area contributed by atoms with Crippen LogP contribution in [0.1, 0.15) is 36.0 Å². The number of pyridine rings is 1. The number of carbonyl (C=O) groups excluding carboxylic acids is 1. The van der Waals surface area contributed by atoms with Crippen LogP contribution < -0.4 is 5.32 Å². The van der Waals surface area contributed by atoms with Crippen LogP contribution in [0.15, 0.2) is 42.6 Å². The topological polar surface area (TPSA) is 58.1 Å². The molecule has 4 rings (SSSR count). The molecule has 0 aliphatic carbocycles. The van der Waals surface area contributed by atoms with E-state index >= 15 is 0 Å². The Morgan fingerprint density at radius 1 is 1.28 bits per heavy atom. The third kappa shape index (κ3) is 3.35. The Labute approximate surface area is 150 Å². The van der Waals surface area contributed by atoms with Gasteiger partial charge in [-0.1, -0.05) is 6.07 Å². The molecule has 5 nitrogen and oxygen atoms in total. The van der Waals surface area contributed by atoms with Crippen LogP contribution in [-0.4, -0.2) is 27.4 Å². The van der Waals surface area contributed by atoms with E-state index in [-0.39, 0.29) is 12.1 Å². The molecule has 1 saturated heterocycles. The van der Waals surface area contributed by atoms with Crippen molar-refractivity contribution in [3.05, 3.63) is 53.3 Å². The van der Waals surface area contributed by atoms with E-state index in [2.05, 4.69) is 15.3 Å². The summed E-state index contributed by atoms with van der Waals surface area (Å²) in [5, 5.41) is 4.08. The van der Waals surface area contributed by atoms with Gasteiger partial charge in [-0.3, -0.25) is 4.98 Å². The zero-order valence-electron chi connectivity index (χ0n) is 14.1. The number of hydrogen-bond acceptors (Lipinski definition) is 4. The van der Waals surface area contributed by atoms with Gasteiger partial charge in [-0.05, 0) is 56.5 Å². The molecule has 0 radical (unpaired) electrons. The zero-order chi connectivity index (χ0) is 17.2. The van der Waals surface area contributed by atoms with Crippen molar-refractivity contribution in [2.45, 2.75) is 32.2 Å². The molecule has 25 heavy (non-hydrogen) atoms. The maximum Gasteiger partial charge on any atom is 0.322 e. The number of urea groups is 1. The molecule has 2 aromatic heterocycles. The van der Waals surface area contributed by atoms with Crippen LogP contribution in [0.2, 0.25) is 0 Å². The molecule has 2 amide bonds. The third-order valence-corrected chi connectivity index (χ3v) is 5.47. The highest BCUT2D eigenvalue weighted by Crippen LogP contribution is 2.31. The number of fused-ring (bicyclic) bond motifs is 1. The molecule has 0 spiro atoms. The second-order valence-electron chi connectivity index (χ2n) is 6.31. The Balaban J connectivity index is 1.55. The lowest BCUT2D eigenvalue weighted by Crippen LogP contribution is -2.41. The minimum absolute atomic E-state index is 0.0457. The first-order valence-corrected chi connectivity index (χ1v) is 9.38. The Hall–Kier alpha value is -2.47. The van der Waals surface area contributed by atoms with Crippen molar-refractivity contribution in [2.24, 2.45) is 0 Å². The number of nitrogens with zero attached hydrogens (tertiary/aromatic N) is 3. The van der Waals surface area contributed by atoms with E-state index in [1.54, 1.807) is 17.5 Å². The maximum atomic E-state index is 12.9. The van der Waals surface area contributed by atoms with Crippen molar-refractivity contribution in [1.29, 1.82) is 0 Å². The first-order chi connectivity index (χ1) is 12.2. The number of anilines is 1. The number of likely N-dealkylation sites (tertiary alicyclic amines) is 1. The van der Waals surface area contributed by atoms with Gasteiger partial charge >= 0.3 is 6.03 Å². The molecule has 3 heterocycles. The van der Waals surface area contributed by atoms with Gasteiger partial charge in [0.2, 0.25) is 0 Å².